The topological polar surface area (TPSA) is 114 Å². The van der Waals surface area contributed by atoms with Crippen LogP contribution >= 0.6 is 0 Å². The zero-order valence-electron chi connectivity index (χ0n) is 25.9. The second-order valence-electron chi connectivity index (χ2n) is 11.3. The van der Waals surface area contributed by atoms with Gasteiger partial charge in [0, 0.05) is 14.2 Å². The van der Waals surface area contributed by atoms with Crippen molar-refractivity contribution in [2.24, 2.45) is 0 Å². The van der Waals surface area contributed by atoms with E-state index < -0.39 is 61.4 Å². The molecule has 0 spiro atoms. The number of aliphatic hydroxyl groups excluding tert-OH is 2. The van der Waals surface area contributed by atoms with E-state index in [2.05, 4.69) is 0 Å². The molecule has 2 N–H and O–H groups in total. The van der Waals surface area contributed by atoms with Crippen LogP contribution in [-0.4, -0.2) is 92.5 Å². The summed E-state index contributed by atoms with van der Waals surface area (Å²) >= 11 is 0. The van der Waals surface area contributed by atoms with Crippen LogP contribution in [0, 0.1) is 0 Å². The summed E-state index contributed by atoms with van der Waals surface area (Å²) in [5.74, 6) is 0. The van der Waals surface area contributed by atoms with Gasteiger partial charge in [-0.15, -0.1) is 0 Å². The van der Waals surface area contributed by atoms with Crippen molar-refractivity contribution < 1.29 is 48.1 Å². The summed E-state index contributed by atoms with van der Waals surface area (Å²) in [5, 5.41) is 21.5. The van der Waals surface area contributed by atoms with Gasteiger partial charge in [0.1, 0.15) is 42.7 Å². The van der Waals surface area contributed by atoms with E-state index in [4.69, 9.17) is 37.9 Å². The van der Waals surface area contributed by atoms with E-state index in [1.807, 2.05) is 97.9 Å². The van der Waals surface area contributed by atoms with Crippen LogP contribution in [0.2, 0.25) is 0 Å². The van der Waals surface area contributed by atoms with Crippen molar-refractivity contribution in [3.8, 4) is 0 Å². The van der Waals surface area contributed by atoms with Crippen LogP contribution in [0.15, 0.2) is 91.0 Å². The van der Waals surface area contributed by atoms with E-state index in [0.717, 1.165) is 16.7 Å². The van der Waals surface area contributed by atoms with Crippen molar-refractivity contribution >= 4 is 0 Å². The summed E-state index contributed by atoms with van der Waals surface area (Å²) in [6.07, 6.45) is -8.17. The lowest BCUT2D eigenvalue weighted by Crippen LogP contribution is -2.62. The first-order chi connectivity index (χ1) is 22.0. The van der Waals surface area contributed by atoms with Crippen LogP contribution in [0.1, 0.15) is 23.6 Å². The van der Waals surface area contributed by atoms with E-state index >= 15 is 0 Å². The lowest BCUT2D eigenvalue weighted by molar-refractivity contribution is -0.338. The van der Waals surface area contributed by atoms with E-state index in [9.17, 15) is 10.2 Å². The fraction of sp³-hybridized carbons (Fsp3) is 0.486. The highest BCUT2D eigenvalue weighted by Gasteiger charge is 2.49. The van der Waals surface area contributed by atoms with Crippen molar-refractivity contribution in [1.29, 1.82) is 0 Å². The summed E-state index contributed by atoms with van der Waals surface area (Å²) in [7, 11) is 2.87. The average molecular weight is 625 g/mol. The summed E-state index contributed by atoms with van der Waals surface area (Å²) in [6, 6.07) is 29.6. The maximum Gasteiger partial charge on any atom is 0.186 e. The van der Waals surface area contributed by atoms with Gasteiger partial charge in [0.2, 0.25) is 0 Å². The molecule has 0 radical (unpaired) electrons. The first-order valence-electron chi connectivity index (χ1n) is 15.3. The van der Waals surface area contributed by atoms with E-state index in [0.29, 0.717) is 13.2 Å². The van der Waals surface area contributed by atoms with Crippen LogP contribution in [0.3, 0.4) is 0 Å². The van der Waals surface area contributed by atoms with Crippen molar-refractivity contribution in [2.75, 3.05) is 20.8 Å². The third-order valence-electron chi connectivity index (χ3n) is 8.19. The molecule has 0 aromatic heterocycles. The Morgan fingerprint density at radius 2 is 1.02 bits per heavy atom. The highest BCUT2D eigenvalue weighted by Crippen LogP contribution is 2.32. The van der Waals surface area contributed by atoms with Crippen molar-refractivity contribution in [3.05, 3.63) is 108 Å². The molecule has 10 nitrogen and oxygen atoms in total. The van der Waals surface area contributed by atoms with Gasteiger partial charge in [0.05, 0.1) is 32.5 Å². The van der Waals surface area contributed by atoms with Crippen LogP contribution in [0.5, 0.6) is 0 Å². The second kappa shape index (κ2) is 16.7. The van der Waals surface area contributed by atoms with E-state index in [1.165, 1.54) is 14.2 Å². The number of aliphatic hydroxyl groups is 2. The maximum absolute atomic E-state index is 11.0. The molecular formula is C35H44O10. The van der Waals surface area contributed by atoms with Gasteiger partial charge in [0.25, 0.3) is 0 Å². The first-order valence-corrected chi connectivity index (χ1v) is 15.3. The molecule has 0 bridgehead atoms. The molecule has 10 heteroatoms. The molecule has 0 unspecified atom stereocenters. The molecule has 0 amide bonds. The Morgan fingerprint density at radius 1 is 0.556 bits per heavy atom. The van der Waals surface area contributed by atoms with Gasteiger partial charge < -0.3 is 48.1 Å². The Hall–Kier alpha value is -2.74. The monoisotopic (exact) mass is 624 g/mol. The summed E-state index contributed by atoms with van der Waals surface area (Å²) in [5.41, 5.74) is 3.00. The second-order valence-corrected chi connectivity index (χ2v) is 11.3. The van der Waals surface area contributed by atoms with E-state index in [-0.39, 0.29) is 13.2 Å². The first kappa shape index (κ1) is 33.6. The van der Waals surface area contributed by atoms with Gasteiger partial charge in [-0.05, 0) is 23.6 Å². The summed E-state index contributed by atoms with van der Waals surface area (Å²) in [6.45, 7) is 2.77. The highest BCUT2D eigenvalue weighted by molar-refractivity contribution is 5.15. The number of ether oxygens (including phenoxy) is 8. The molecule has 3 aromatic rings. The fourth-order valence-corrected chi connectivity index (χ4v) is 5.76. The van der Waals surface area contributed by atoms with Gasteiger partial charge in [-0.25, -0.2) is 0 Å². The Kier molecular flexibility index (Phi) is 12.5. The fourth-order valence-electron chi connectivity index (χ4n) is 5.76. The lowest BCUT2D eigenvalue weighted by atomic mass is 9.97. The standard InChI is InChI=1S/C35H44O10/c1-23-29(40-19-24-13-7-4-8-14-24)31(41-20-25-15-9-5-10-16-25)33(42-21-26-17-11-6-12-18-26)35(44-23)43-22-27-28(36)30(38-2)32(39-3)34(37)45-27/h4-18,23,27-37H,19-22H2,1-3H3/t23-,27+,28+,29+,30-,31+,32+,33-,34-,35-/m0/s1. The van der Waals surface area contributed by atoms with Crippen molar-refractivity contribution in [2.45, 2.75) is 88.2 Å². The van der Waals surface area contributed by atoms with E-state index in [1.54, 1.807) is 0 Å². The molecule has 2 aliphatic rings. The van der Waals surface area contributed by atoms with Crippen LogP contribution in [-0.2, 0) is 57.7 Å². The lowest BCUT2D eigenvalue weighted by Gasteiger charge is -2.46. The quantitative estimate of drug-likeness (QED) is 0.276. The Morgan fingerprint density at radius 3 is 1.51 bits per heavy atom. The number of rotatable bonds is 14. The highest BCUT2D eigenvalue weighted by atomic mass is 16.7. The molecule has 45 heavy (non-hydrogen) atoms. The zero-order valence-corrected chi connectivity index (χ0v) is 25.9. The SMILES string of the molecule is CO[C@@H]1[C@@H](OC)[C@H](O)[C@@H](CO[C@H]2O[C@@H](C)[C@@H](OCc3ccccc3)[C@@H](OCc3ccccc3)[C@@H]2OCc2ccccc2)O[C@@H]1O. The Bertz CT molecular complexity index is 1250. The molecule has 10 atom stereocenters. The number of methoxy groups -OCH3 is 2. The molecule has 2 heterocycles. The predicted molar refractivity (Wildman–Crippen MR) is 164 cm³/mol. The molecule has 0 saturated carbocycles. The molecule has 3 aromatic carbocycles. The van der Waals surface area contributed by atoms with Crippen molar-refractivity contribution in [1.82, 2.24) is 0 Å². The van der Waals surface area contributed by atoms with Crippen LogP contribution < -0.4 is 0 Å². The third-order valence-corrected chi connectivity index (χ3v) is 8.19. The van der Waals surface area contributed by atoms with Gasteiger partial charge in [0.15, 0.2) is 12.6 Å². The molecule has 5 rings (SSSR count). The number of benzene rings is 3. The number of hydrogen-bond acceptors (Lipinski definition) is 10. The summed E-state index contributed by atoms with van der Waals surface area (Å²) < 4.78 is 48.7. The molecular weight excluding hydrogens is 580 g/mol. The largest absolute Gasteiger partial charge is 0.387 e. The molecule has 2 saturated heterocycles. The van der Waals surface area contributed by atoms with Gasteiger partial charge >= 0.3 is 0 Å². The maximum atomic E-state index is 11.0. The Labute approximate surface area is 264 Å². The molecule has 0 aliphatic carbocycles. The molecule has 2 aliphatic heterocycles. The Balaban J connectivity index is 1.37. The minimum atomic E-state index is -1.31. The van der Waals surface area contributed by atoms with Gasteiger partial charge in [-0.1, -0.05) is 91.0 Å². The molecule has 2 fully saturated rings. The minimum absolute atomic E-state index is 0.113. The predicted octanol–water partition coefficient (Wildman–Crippen LogP) is 3.61. The van der Waals surface area contributed by atoms with Crippen LogP contribution in [0.25, 0.3) is 0 Å². The van der Waals surface area contributed by atoms with Gasteiger partial charge in [-0.3, -0.25) is 0 Å². The van der Waals surface area contributed by atoms with Crippen molar-refractivity contribution in [3.63, 3.8) is 0 Å². The average Bonchev–Trinajstić information content (AvgIpc) is 3.07. The normalized spacial score (nSPS) is 31.9. The summed E-state index contributed by atoms with van der Waals surface area (Å²) in [4.78, 5) is 0. The third kappa shape index (κ3) is 8.75. The number of hydrogen-bond donors (Lipinski definition) is 2. The zero-order chi connectivity index (χ0) is 31.6. The smallest absolute Gasteiger partial charge is 0.186 e. The van der Waals surface area contributed by atoms with Crippen LogP contribution in [0.4, 0.5) is 0 Å². The molecule has 244 valence electrons. The van der Waals surface area contributed by atoms with Gasteiger partial charge in [-0.2, -0.15) is 0 Å². The minimum Gasteiger partial charge on any atom is -0.387 e.